The fourth-order valence-corrected chi connectivity index (χ4v) is 2.35. The van der Waals surface area contributed by atoms with Gasteiger partial charge in [-0.25, -0.2) is 0 Å². The molecule has 0 heterocycles. The van der Waals surface area contributed by atoms with Gasteiger partial charge in [-0.2, -0.15) is 0 Å². The van der Waals surface area contributed by atoms with Crippen molar-refractivity contribution in [1.29, 1.82) is 0 Å². The molecular formula is C11H22O. The second-order valence-electron chi connectivity index (χ2n) is 4.28. The van der Waals surface area contributed by atoms with E-state index in [0.29, 0.717) is 5.92 Å². The van der Waals surface area contributed by atoms with Crippen molar-refractivity contribution in [3.05, 3.63) is 0 Å². The Kier molecular flexibility index (Phi) is 4.07. The summed E-state index contributed by atoms with van der Waals surface area (Å²) in [4.78, 5) is 0. The maximum atomic E-state index is 9.66. The molecule has 1 rings (SSSR count). The second-order valence-corrected chi connectivity index (χ2v) is 4.28. The fourth-order valence-electron chi connectivity index (χ4n) is 2.35. The molecule has 0 saturated heterocycles. The predicted molar refractivity (Wildman–Crippen MR) is 52.0 cm³/mol. The van der Waals surface area contributed by atoms with Crippen molar-refractivity contribution >= 4 is 0 Å². The normalized spacial score (nSPS) is 35.8. The lowest BCUT2D eigenvalue weighted by molar-refractivity contribution is 0.113. The highest BCUT2D eigenvalue weighted by Crippen LogP contribution is 2.35. The van der Waals surface area contributed by atoms with Gasteiger partial charge in [-0.15, -0.1) is 0 Å². The van der Waals surface area contributed by atoms with Crippen LogP contribution >= 0.6 is 0 Å². The molecule has 3 unspecified atom stereocenters. The van der Waals surface area contributed by atoms with E-state index in [1.54, 1.807) is 0 Å². The molecule has 1 saturated carbocycles. The molecule has 1 nitrogen and oxygen atoms in total. The zero-order valence-electron chi connectivity index (χ0n) is 8.42. The number of hydrogen-bond acceptors (Lipinski definition) is 1. The molecule has 1 N–H and O–H groups in total. The Labute approximate surface area is 76.2 Å². The summed E-state index contributed by atoms with van der Waals surface area (Å²) >= 11 is 0. The average Bonchev–Trinajstić information content (AvgIpc) is 2.35. The van der Waals surface area contributed by atoms with Gasteiger partial charge in [0.15, 0.2) is 0 Å². The van der Waals surface area contributed by atoms with Crippen LogP contribution < -0.4 is 0 Å². The van der Waals surface area contributed by atoms with Crippen LogP contribution in [0.25, 0.3) is 0 Å². The van der Waals surface area contributed by atoms with Crippen LogP contribution in [0, 0.1) is 11.8 Å². The van der Waals surface area contributed by atoms with Crippen LogP contribution in [0.2, 0.25) is 0 Å². The molecule has 72 valence electrons. The van der Waals surface area contributed by atoms with Gasteiger partial charge < -0.3 is 5.11 Å². The number of aliphatic hydroxyl groups is 1. The van der Waals surface area contributed by atoms with Crippen LogP contribution in [-0.4, -0.2) is 11.2 Å². The number of rotatable bonds is 4. The molecule has 1 fully saturated rings. The molecule has 0 aromatic carbocycles. The first-order valence-corrected chi connectivity index (χ1v) is 5.43. The minimum Gasteiger partial charge on any atom is -0.393 e. The Balaban J connectivity index is 2.20. The summed E-state index contributed by atoms with van der Waals surface area (Å²) in [7, 11) is 0. The summed E-state index contributed by atoms with van der Waals surface area (Å²) in [6.45, 7) is 4.52. The van der Waals surface area contributed by atoms with E-state index in [1.165, 1.54) is 32.1 Å². The van der Waals surface area contributed by atoms with Crippen LogP contribution in [0.5, 0.6) is 0 Å². The number of hydrogen-bond donors (Lipinski definition) is 1. The van der Waals surface area contributed by atoms with Gasteiger partial charge in [0.05, 0.1) is 6.10 Å². The van der Waals surface area contributed by atoms with Crippen LogP contribution in [0.3, 0.4) is 0 Å². The maximum absolute atomic E-state index is 9.66. The van der Waals surface area contributed by atoms with Gasteiger partial charge in [0.2, 0.25) is 0 Å². The van der Waals surface area contributed by atoms with Crippen molar-refractivity contribution in [1.82, 2.24) is 0 Å². The number of aliphatic hydroxyl groups excluding tert-OH is 1. The van der Waals surface area contributed by atoms with Gasteiger partial charge in [-0.05, 0) is 31.1 Å². The zero-order valence-corrected chi connectivity index (χ0v) is 8.42. The van der Waals surface area contributed by atoms with Gasteiger partial charge in [-0.1, -0.05) is 33.1 Å². The Hall–Kier alpha value is -0.0400. The molecule has 0 radical (unpaired) electrons. The van der Waals surface area contributed by atoms with Crippen molar-refractivity contribution in [3.8, 4) is 0 Å². The first-order chi connectivity index (χ1) is 5.75. The van der Waals surface area contributed by atoms with Crippen LogP contribution in [-0.2, 0) is 0 Å². The molecule has 1 aliphatic carbocycles. The summed E-state index contributed by atoms with van der Waals surface area (Å²) in [6.07, 6.45) is 7.46. The lowest BCUT2D eigenvalue weighted by Gasteiger charge is -2.18. The maximum Gasteiger partial charge on any atom is 0.0571 e. The van der Waals surface area contributed by atoms with Crippen LogP contribution in [0.4, 0.5) is 0 Å². The summed E-state index contributed by atoms with van der Waals surface area (Å²) < 4.78 is 0. The lowest BCUT2D eigenvalue weighted by atomic mass is 9.91. The van der Waals surface area contributed by atoms with Gasteiger partial charge >= 0.3 is 0 Å². The Bertz CT molecular complexity index is 112. The van der Waals surface area contributed by atoms with E-state index in [1.807, 2.05) is 0 Å². The Morgan fingerprint density at radius 1 is 1.25 bits per heavy atom. The van der Waals surface area contributed by atoms with Crippen LogP contribution in [0.15, 0.2) is 0 Å². The molecule has 0 aliphatic heterocycles. The van der Waals surface area contributed by atoms with Crippen molar-refractivity contribution in [2.45, 2.75) is 58.5 Å². The van der Waals surface area contributed by atoms with Crippen LogP contribution in [0.1, 0.15) is 52.4 Å². The van der Waals surface area contributed by atoms with E-state index in [0.717, 1.165) is 12.3 Å². The summed E-state index contributed by atoms with van der Waals surface area (Å²) in [5.41, 5.74) is 0. The SMILES string of the molecule is CCCCCC1C(C)CCC1O. The molecule has 0 aromatic rings. The minimum atomic E-state index is 0.0110. The fraction of sp³-hybridized carbons (Fsp3) is 1.00. The quantitative estimate of drug-likeness (QED) is 0.643. The minimum absolute atomic E-state index is 0.0110. The van der Waals surface area contributed by atoms with Crippen molar-refractivity contribution in [3.63, 3.8) is 0 Å². The molecule has 0 amide bonds. The zero-order chi connectivity index (χ0) is 8.97. The van der Waals surface area contributed by atoms with E-state index in [-0.39, 0.29) is 6.10 Å². The van der Waals surface area contributed by atoms with E-state index in [2.05, 4.69) is 13.8 Å². The molecule has 0 aromatic heterocycles. The van der Waals surface area contributed by atoms with Crippen molar-refractivity contribution in [2.24, 2.45) is 11.8 Å². The number of unbranched alkanes of at least 4 members (excludes halogenated alkanes) is 2. The molecular weight excluding hydrogens is 148 g/mol. The molecule has 0 spiro atoms. The Morgan fingerprint density at radius 2 is 2.00 bits per heavy atom. The van der Waals surface area contributed by atoms with E-state index in [4.69, 9.17) is 0 Å². The predicted octanol–water partition coefficient (Wildman–Crippen LogP) is 2.97. The first-order valence-electron chi connectivity index (χ1n) is 5.43. The molecule has 3 atom stereocenters. The second kappa shape index (κ2) is 4.86. The third-order valence-electron chi connectivity index (χ3n) is 3.28. The third-order valence-corrected chi connectivity index (χ3v) is 3.28. The standard InChI is InChI=1S/C11H22O/c1-3-4-5-6-10-9(2)7-8-11(10)12/h9-12H,3-8H2,1-2H3. The monoisotopic (exact) mass is 170 g/mol. The Morgan fingerprint density at radius 3 is 2.50 bits per heavy atom. The van der Waals surface area contributed by atoms with E-state index in [9.17, 15) is 5.11 Å². The average molecular weight is 170 g/mol. The molecule has 1 heteroatoms. The third kappa shape index (κ3) is 2.48. The van der Waals surface area contributed by atoms with E-state index >= 15 is 0 Å². The first kappa shape index (κ1) is 10.0. The summed E-state index contributed by atoms with van der Waals surface area (Å²) in [5, 5.41) is 9.66. The summed E-state index contributed by atoms with van der Waals surface area (Å²) in [5.74, 6) is 1.37. The lowest BCUT2D eigenvalue weighted by Crippen LogP contribution is -2.17. The smallest absolute Gasteiger partial charge is 0.0571 e. The molecule has 1 aliphatic rings. The highest BCUT2D eigenvalue weighted by molar-refractivity contribution is 4.81. The largest absolute Gasteiger partial charge is 0.393 e. The van der Waals surface area contributed by atoms with Crippen molar-refractivity contribution < 1.29 is 5.11 Å². The summed E-state index contributed by atoms with van der Waals surface area (Å²) in [6, 6.07) is 0. The molecule has 12 heavy (non-hydrogen) atoms. The van der Waals surface area contributed by atoms with Gasteiger partial charge in [0.25, 0.3) is 0 Å². The van der Waals surface area contributed by atoms with Gasteiger partial charge in [0, 0.05) is 0 Å². The van der Waals surface area contributed by atoms with Gasteiger partial charge in [0.1, 0.15) is 0 Å². The highest BCUT2D eigenvalue weighted by atomic mass is 16.3. The highest BCUT2D eigenvalue weighted by Gasteiger charge is 2.30. The van der Waals surface area contributed by atoms with Gasteiger partial charge in [-0.3, -0.25) is 0 Å². The topological polar surface area (TPSA) is 20.2 Å². The van der Waals surface area contributed by atoms with Crippen molar-refractivity contribution in [2.75, 3.05) is 0 Å². The van der Waals surface area contributed by atoms with E-state index < -0.39 is 0 Å². The molecule has 0 bridgehead atoms.